The van der Waals surface area contributed by atoms with Gasteiger partial charge in [0.1, 0.15) is 0 Å². The number of hydrogen-bond acceptors (Lipinski definition) is 5. The van der Waals surface area contributed by atoms with Crippen LogP contribution in [0, 0.1) is 5.92 Å². The molecule has 1 aliphatic carbocycles. The molecule has 0 unspecified atom stereocenters. The third kappa shape index (κ3) is 4.29. The number of carbonyl (C=O) groups excluding carboxylic acids is 3. The number of fused-ring (bicyclic) bond motifs is 1. The minimum Gasteiger partial charge on any atom is -0.452 e. The molecule has 1 aromatic rings. The molecular formula is C17H20N2O4S. The van der Waals surface area contributed by atoms with Crippen LogP contribution in [0.4, 0.5) is 5.69 Å². The molecule has 6 nitrogen and oxygen atoms in total. The van der Waals surface area contributed by atoms with Crippen molar-refractivity contribution in [1.29, 1.82) is 0 Å². The molecule has 0 spiro atoms. The maximum atomic E-state index is 12.1. The average molecular weight is 348 g/mol. The van der Waals surface area contributed by atoms with Crippen LogP contribution in [0.1, 0.15) is 36.5 Å². The largest absolute Gasteiger partial charge is 0.452 e. The second-order valence-electron chi connectivity index (χ2n) is 6.13. The fourth-order valence-corrected chi connectivity index (χ4v) is 3.51. The third-order valence-corrected chi connectivity index (χ3v) is 5.20. The molecule has 0 radical (unpaired) electrons. The Bertz CT molecular complexity index is 673. The summed E-state index contributed by atoms with van der Waals surface area (Å²) < 4.78 is 5.07. The van der Waals surface area contributed by atoms with Gasteiger partial charge >= 0.3 is 5.97 Å². The van der Waals surface area contributed by atoms with Gasteiger partial charge in [-0.15, -0.1) is 11.8 Å². The van der Waals surface area contributed by atoms with E-state index in [-0.39, 0.29) is 24.5 Å². The van der Waals surface area contributed by atoms with Gasteiger partial charge in [-0.25, -0.2) is 4.79 Å². The summed E-state index contributed by atoms with van der Waals surface area (Å²) in [6, 6.07) is 5.16. The Morgan fingerprint density at radius 2 is 2.21 bits per heavy atom. The summed E-state index contributed by atoms with van der Waals surface area (Å²) in [6.45, 7) is 1.66. The van der Waals surface area contributed by atoms with Crippen molar-refractivity contribution in [1.82, 2.24) is 5.32 Å². The number of benzene rings is 1. The van der Waals surface area contributed by atoms with E-state index >= 15 is 0 Å². The van der Waals surface area contributed by atoms with Gasteiger partial charge in [-0.1, -0.05) is 0 Å². The van der Waals surface area contributed by atoms with Gasteiger partial charge in [0.2, 0.25) is 5.91 Å². The maximum absolute atomic E-state index is 12.1. The molecule has 0 bridgehead atoms. The van der Waals surface area contributed by atoms with Crippen LogP contribution in [0.25, 0.3) is 0 Å². The second kappa shape index (κ2) is 7.25. The molecule has 1 heterocycles. The van der Waals surface area contributed by atoms with E-state index in [1.807, 2.05) is 6.92 Å². The maximum Gasteiger partial charge on any atom is 0.338 e. The second-order valence-corrected chi connectivity index (χ2v) is 7.26. The van der Waals surface area contributed by atoms with Crippen molar-refractivity contribution >= 4 is 35.2 Å². The zero-order chi connectivity index (χ0) is 17.1. The summed E-state index contributed by atoms with van der Waals surface area (Å²) >= 11 is 1.57. The molecule has 0 saturated heterocycles. The SMILES string of the molecule is C[C@H](NC(=O)COC(=O)c1ccc2c(c1)NC(=O)CCS2)C1CC1. The molecular weight excluding hydrogens is 328 g/mol. The van der Waals surface area contributed by atoms with Crippen molar-refractivity contribution < 1.29 is 19.1 Å². The van der Waals surface area contributed by atoms with Crippen molar-refractivity contribution in [2.24, 2.45) is 5.92 Å². The molecule has 0 aromatic heterocycles. The van der Waals surface area contributed by atoms with Crippen LogP contribution < -0.4 is 10.6 Å². The van der Waals surface area contributed by atoms with E-state index in [4.69, 9.17) is 4.74 Å². The van der Waals surface area contributed by atoms with Crippen molar-refractivity contribution in [3.8, 4) is 0 Å². The lowest BCUT2D eigenvalue weighted by atomic mass is 10.2. The number of hydrogen-bond donors (Lipinski definition) is 2. The molecule has 24 heavy (non-hydrogen) atoms. The number of carbonyl (C=O) groups is 3. The van der Waals surface area contributed by atoms with Gasteiger partial charge in [0.05, 0.1) is 11.3 Å². The molecule has 2 N–H and O–H groups in total. The Morgan fingerprint density at radius 1 is 1.42 bits per heavy atom. The van der Waals surface area contributed by atoms with E-state index in [0.29, 0.717) is 29.3 Å². The molecule has 1 aromatic carbocycles. The van der Waals surface area contributed by atoms with Gasteiger partial charge in [-0.3, -0.25) is 9.59 Å². The van der Waals surface area contributed by atoms with Gasteiger partial charge in [0.25, 0.3) is 5.91 Å². The van der Waals surface area contributed by atoms with E-state index < -0.39 is 5.97 Å². The predicted octanol–water partition coefficient (Wildman–Crippen LogP) is 2.19. The summed E-state index contributed by atoms with van der Waals surface area (Å²) in [5.74, 6) is 0.328. The van der Waals surface area contributed by atoms with Crippen LogP contribution in [0.5, 0.6) is 0 Å². The molecule has 2 aliphatic rings. The fourth-order valence-electron chi connectivity index (χ4n) is 2.57. The summed E-state index contributed by atoms with van der Waals surface area (Å²) in [5.41, 5.74) is 0.934. The minimum absolute atomic E-state index is 0.0693. The van der Waals surface area contributed by atoms with Gasteiger partial charge in [0, 0.05) is 23.1 Å². The first-order valence-electron chi connectivity index (χ1n) is 8.06. The van der Waals surface area contributed by atoms with Crippen LogP contribution in [-0.4, -0.2) is 36.2 Å². The molecule has 1 atom stereocenters. The summed E-state index contributed by atoms with van der Waals surface area (Å²) in [6.07, 6.45) is 2.72. The Kier molecular flexibility index (Phi) is 5.08. The van der Waals surface area contributed by atoms with E-state index in [0.717, 1.165) is 17.7 Å². The summed E-state index contributed by atoms with van der Waals surface area (Å²) in [5, 5.41) is 5.62. The first kappa shape index (κ1) is 16.8. The zero-order valence-corrected chi connectivity index (χ0v) is 14.3. The number of amides is 2. The standard InChI is InChI=1S/C17H20N2O4S/c1-10(11-2-3-11)18-16(21)9-23-17(22)12-4-5-14-13(8-12)19-15(20)6-7-24-14/h4-5,8,10-11H,2-3,6-7,9H2,1H3,(H,18,21)(H,19,20)/t10-/m0/s1. The first-order valence-corrected chi connectivity index (χ1v) is 9.04. The lowest BCUT2D eigenvalue weighted by Gasteiger charge is -2.13. The van der Waals surface area contributed by atoms with Crippen molar-refractivity contribution in [3.05, 3.63) is 23.8 Å². The summed E-state index contributed by atoms with van der Waals surface area (Å²) in [4.78, 5) is 36.4. The molecule has 7 heteroatoms. The molecule has 3 rings (SSSR count). The molecule has 1 aliphatic heterocycles. The Hall–Kier alpha value is -2.02. The number of thioether (sulfide) groups is 1. The third-order valence-electron chi connectivity index (χ3n) is 4.13. The van der Waals surface area contributed by atoms with E-state index in [1.54, 1.807) is 30.0 Å². The molecule has 1 saturated carbocycles. The van der Waals surface area contributed by atoms with Crippen LogP contribution in [0.3, 0.4) is 0 Å². The average Bonchev–Trinajstić information content (AvgIpc) is 3.38. The van der Waals surface area contributed by atoms with Crippen LogP contribution in [0.2, 0.25) is 0 Å². The van der Waals surface area contributed by atoms with Gasteiger partial charge in [0.15, 0.2) is 6.61 Å². The minimum atomic E-state index is -0.574. The highest BCUT2D eigenvalue weighted by molar-refractivity contribution is 7.99. The first-order chi connectivity index (χ1) is 11.5. The van der Waals surface area contributed by atoms with Crippen LogP contribution >= 0.6 is 11.8 Å². The highest BCUT2D eigenvalue weighted by Gasteiger charge is 2.29. The lowest BCUT2D eigenvalue weighted by Crippen LogP contribution is -2.37. The van der Waals surface area contributed by atoms with Crippen molar-refractivity contribution in [2.45, 2.75) is 37.1 Å². The lowest BCUT2D eigenvalue weighted by molar-refractivity contribution is -0.125. The molecule has 1 fully saturated rings. The van der Waals surface area contributed by atoms with Gasteiger partial charge < -0.3 is 15.4 Å². The highest BCUT2D eigenvalue weighted by Crippen LogP contribution is 2.32. The van der Waals surface area contributed by atoms with Gasteiger partial charge in [-0.2, -0.15) is 0 Å². The van der Waals surface area contributed by atoms with Crippen LogP contribution in [-0.2, 0) is 14.3 Å². The van der Waals surface area contributed by atoms with Gasteiger partial charge in [-0.05, 0) is 43.9 Å². The monoisotopic (exact) mass is 348 g/mol. The highest BCUT2D eigenvalue weighted by atomic mass is 32.2. The Balaban J connectivity index is 1.56. The number of nitrogens with one attached hydrogen (secondary N) is 2. The fraction of sp³-hybridized carbons (Fsp3) is 0.471. The number of ether oxygens (including phenoxy) is 1. The van der Waals surface area contributed by atoms with Crippen molar-refractivity contribution in [3.63, 3.8) is 0 Å². The Labute approximate surface area is 144 Å². The van der Waals surface area contributed by atoms with E-state index in [2.05, 4.69) is 10.6 Å². The van der Waals surface area contributed by atoms with E-state index in [1.165, 1.54) is 0 Å². The number of rotatable bonds is 5. The number of esters is 1. The Morgan fingerprint density at radius 3 is 2.96 bits per heavy atom. The topological polar surface area (TPSA) is 84.5 Å². The van der Waals surface area contributed by atoms with E-state index in [9.17, 15) is 14.4 Å². The van der Waals surface area contributed by atoms with Crippen molar-refractivity contribution in [2.75, 3.05) is 17.7 Å². The molecule has 2 amide bonds. The predicted molar refractivity (Wildman–Crippen MR) is 91.0 cm³/mol. The normalized spacial score (nSPS) is 18.0. The van der Waals surface area contributed by atoms with Crippen LogP contribution in [0.15, 0.2) is 23.1 Å². The number of anilines is 1. The molecule has 128 valence electrons. The zero-order valence-electron chi connectivity index (χ0n) is 13.5. The quantitative estimate of drug-likeness (QED) is 0.797. The smallest absolute Gasteiger partial charge is 0.338 e. The summed E-state index contributed by atoms with van der Waals surface area (Å²) in [7, 11) is 0.